The quantitative estimate of drug-likeness (QED) is 0.573. The van der Waals surface area contributed by atoms with Gasteiger partial charge in [0, 0.05) is 21.3 Å². The van der Waals surface area contributed by atoms with Crippen molar-refractivity contribution in [3.05, 3.63) is 28.9 Å². The molecule has 13 heavy (non-hydrogen) atoms. The highest BCUT2D eigenvalue weighted by Gasteiger charge is 2.10. The summed E-state index contributed by atoms with van der Waals surface area (Å²) in [5.74, 6) is 0.190. The van der Waals surface area contributed by atoms with Gasteiger partial charge in [-0.3, -0.25) is 0 Å². The summed E-state index contributed by atoms with van der Waals surface area (Å²) < 4.78 is 14.1. The van der Waals surface area contributed by atoms with Gasteiger partial charge in [-0.15, -0.1) is 22.9 Å². The van der Waals surface area contributed by atoms with Gasteiger partial charge >= 0.3 is 0 Å². The molecule has 0 aliphatic carbocycles. The van der Waals surface area contributed by atoms with Crippen LogP contribution in [0, 0.1) is 5.13 Å². The van der Waals surface area contributed by atoms with Crippen LogP contribution in [-0.4, -0.2) is 0 Å². The molecule has 0 atom stereocenters. The number of fused-ring (bicyclic) bond motifs is 1. The Balaban J connectivity index is 2.80. The average Bonchev–Trinajstić information content (AvgIpc) is 2.40. The fourth-order valence-electron chi connectivity index (χ4n) is 1.26. The standard InChI is InChI=1S/C9H7ClFNS/c10-4-7-6-3-5(12)1-2-8(6)13-9(7)11/h1-3H,4,12H2. The molecule has 0 unspecified atom stereocenters. The number of hydrogen-bond acceptors (Lipinski definition) is 2. The van der Waals surface area contributed by atoms with E-state index in [1.54, 1.807) is 12.1 Å². The predicted molar refractivity (Wildman–Crippen MR) is 55.8 cm³/mol. The van der Waals surface area contributed by atoms with E-state index in [1.165, 1.54) is 0 Å². The molecule has 2 rings (SSSR count). The van der Waals surface area contributed by atoms with E-state index in [9.17, 15) is 4.39 Å². The van der Waals surface area contributed by atoms with E-state index in [4.69, 9.17) is 17.3 Å². The lowest BCUT2D eigenvalue weighted by Gasteiger charge is -1.94. The lowest BCUT2D eigenvalue weighted by atomic mass is 10.2. The van der Waals surface area contributed by atoms with Crippen LogP contribution in [0.5, 0.6) is 0 Å². The van der Waals surface area contributed by atoms with Gasteiger partial charge in [0.1, 0.15) is 0 Å². The Labute approximate surface area is 83.9 Å². The van der Waals surface area contributed by atoms with Crippen LogP contribution < -0.4 is 5.73 Å². The Kier molecular flexibility index (Phi) is 2.14. The van der Waals surface area contributed by atoms with Crippen LogP contribution in [0.15, 0.2) is 18.2 Å². The maximum Gasteiger partial charge on any atom is 0.182 e. The number of alkyl halides is 1. The number of thiophene rings is 1. The summed E-state index contributed by atoms with van der Waals surface area (Å²) in [6, 6.07) is 5.33. The molecule has 0 aliphatic heterocycles. The monoisotopic (exact) mass is 215 g/mol. The second kappa shape index (κ2) is 3.16. The normalized spacial score (nSPS) is 10.9. The molecule has 0 amide bonds. The second-order valence-electron chi connectivity index (χ2n) is 2.74. The minimum Gasteiger partial charge on any atom is -0.399 e. The SMILES string of the molecule is Nc1ccc2sc(F)c(CCl)c2c1. The van der Waals surface area contributed by atoms with Crippen molar-refractivity contribution in [1.29, 1.82) is 0 Å². The maximum atomic E-state index is 13.2. The third kappa shape index (κ3) is 1.38. The van der Waals surface area contributed by atoms with Crippen molar-refractivity contribution in [3.8, 4) is 0 Å². The first kappa shape index (κ1) is 8.78. The van der Waals surface area contributed by atoms with Gasteiger partial charge in [-0.25, -0.2) is 0 Å². The van der Waals surface area contributed by atoms with E-state index in [1.807, 2.05) is 6.07 Å². The summed E-state index contributed by atoms with van der Waals surface area (Å²) in [5.41, 5.74) is 6.78. The highest BCUT2D eigenvalue weighted by Crippen LogP contribution is 2.32. The number of nitrogen functional groups attached to an aromatic ring is 1. The molecule has 0 radical (unpaired) electrons. The molecule has 2 N–H and O–H groups in total. The molecule has 0 saturated heterocycles. The first-order valence-corrected chi connectivity index (χ1v) is 5.10. The lowest BCUT2D eigenvalue weighted by molar-refractivity contribution is 0.648. The van der Waals surface area contributed by atoms with Gasteiger partial charge in [-0.05, 0) is 18.2 Å². The molecule has 2 aromatic rings. The van der Waals surface area contributed by atoms with E-state index < -0.39 is 0 Å². The molecule has 0 fully saturated rings. The van der Waals surface area contributed by atoms with Crippen LogP contribution in [0.2, 0.25) is 0 Å². The van der Waals surface area contributed by atoms with Crippen molar-refractivity contribution in [3.63, 3.8) is 0 Å². The largest absolute Gasteiger partial charge is 0.399 e. The van der Waals surface area contributed by atoms with E-state index in [2.05, 4.69) is 0 Å². The Bertz CT molecular complexity index is 452. The molecule has 1 heterocycles. The zero-order valence-corrected chi connectivity index (χ0v) is 8.25. The van der Waals surface area contributed by atoms with Gasteiger partial charge in [0.05, 0.1) is 5.88 Å². The maximum absolute atomic E-state index is 13.2. The van der Waals surface area contributed by atoms with Crippen LogP contribution in [0.1, 0.15) is 5.56 Å². The van der Waals surface area contributed by atoms with Crippen LogP contribution in [0.3, 0.4) is 0 Å². The Morgan fingerprint density at radius 2 is 2.23 bits per heavy atom. The summed E-state index contributed by atoms with van der Waals surface area (Å²) in [7, 11) is 0. The van der Waals surface area contributed by atoms with Gasteiger partial charge in [0.15, 0.2) is 5.13 Å². The molecule has 0 spiro atoms. The van der Waals surface area contributed by atoms with Gasteiger partial charge < -0.3 is 5.73 Å². The fraction of sp³-hybridized carbons (Fsp3) is 0.111. The van der Waals surface area contributed by atoms with Crippen molar-refractivity contribution < 1.29 is 4.39 Å². The van der Waals surface area contributed by atoms with Crippen LogP contribution in [-0.2, 0) is 5.88 Å². The molecule has 1 nitrogen and oxygen atoms in total. The second-order valence-corrected chi connectivity index (χ2v) is 4.01. The first-order valence-electron chi connectivity index (χ1n) is 3.74. The Hall–Kier alpha value is -0.800. The molecule has 4 heteroatoms. The highest BCUT2D eigenvalue weighted by molar-refractivity contribution is 7.17. The first-order chi connectivity index (χ1) is 6.22. The fourth-order valence-corrected chi connectivity index (χ4v) is 2.53. The van der Waals surface area contributed by atoms with Crippen molar-refractivity contribution in [1.82, 2.24) is 0 Å². The van der Waals surface area contributed by atoms with E-state index in [0.29, 0.717) is 11.3 Å². The number of benzene rings is 1. The molecular formula is C9H7ClFNS. The van der Waals surface area contributed by atoms with Crippen molar-refractivity contribution in [2.75, 3.05) is 5.73 Å². The number of rotatable bonds is 1. The van der Waals surface area contributed by atoms with Crippen LogP contribution in [0.25, 0.3) is 10.1 Å². The van der Waals surface area contributed by atoms with Crippen molar-refractivity contribution in [2.45, 2.75) is 5.88 Å². The molecule has 0 saturated carbocycles. The van der Waals surface area contributed by atoms with E-state index >= 15 is 0 Å². The number of anilines is 1. The molecule has 0 bridgehead atoms. The van der Waals surface area contributed by atoms with E-state index in [0.717, 1.165) is 21.4 Å². The molecule has 1 aromatic carbocycles. The predicted octanol–water partition coefficient (Wildman–Crippen LogP) is 3.36. The Morgan fingerprint density at radius 3 is 2.92 bits per heavy atom. The number of halogens is 2. The lowest BCUT2D eigenvalue weighted by Crippen LogP contribution is -1.83. The van der Waals surface area contributed by atoms with E-state index in [-0.39, 0.29) is 11.0 Å². The minimum atomic E-state index is -0.212. The van der Waals surface area contributed by atoms with Crippen LogP contribution in [0.4, 0.5) is 10.1 Å². The third-order valence-electron chi connectivity index (χ3n) is 1.90. The number of nitrogens with two attached hydrogens (primary N) is 1. The molecule has 1 aromatic heterocycles. The topological polar surface area (TPSA) is 26.0 Å². The smallest absolute Gasteiger partial charge is 0.182 e. The summed E-state index contributed by atoms with van der Waals surface area (Å²) in [6.07, 6.45) is 0. The molecular weight excluding hydrogens is 209 g/mol. The molecule has 68 valence electrons. The van der Waals surface area contributed by atoms with Gasteiger partial charge in [0.25, 0.3) is 0 Å². The van der Waals surface area contributed by atoms with Crippen molar-refractivity contribution in [2.24, 2.45) is 0 Å². The van der Waals surface area contributed by atoms with Gasteiger partial charge in [-0.2, -0.15) is 4.39 Å². The summed E-state index contributed by atoms with van der Waals surface area (Å²) in [5, 5.41) is 0.619. The van der Waals surface area contributed by atoms with Gasteiger partial charge in [-0.1, -0.05) is 0 Å². The number of hydrogen-bond donors (Lipinski definition) is 1. The summed E-state index contributed by atoms with van der Waals surface area (Å²) in [6.45, 7) is 0. The average molecular weight is 216 g/mol. The highest BCUT2D eigenvalue weighted by atomic mass is 35.5. The zero-order chi connectivity index (χ0) is 9.42. The van der Waals surface area contributed by atoms with Crippen molar-refractivity contribution >= 4 is 38.7 Å². The summed E-state index contributed by atoms with van der Waals surface area (Å²) in [4.78, 5) is 0. The zero-order valence-electron chi connectivity index (χ0n) is 6.68. The van der Waals surface area contributed by atoms with Crippen LogP contribution >= 0.6 is 22.9 Å². The van der Waals surface area contributed by atoms with Gasteiger partial charge in [0.2, 0.25) is 0 Å². The summed E-state index contributed by atoms with van der Waals surface area (Å²) >= 11 is 6.74. The molecule has 0 aliphatic rings. The Morgan fingerprint density at radius 1 is 1.46 bits per heavy atom. The minimum absolute atomic E-state index is 0.190. The third-order valence-corrected chi connectivity index (χ3v) is 3.17.